The summed E-state index contributed by atoms with van der Waals surface area (Å²) in [6, 6.07) is 5.41. The molecular weight excluding hydrogens is 457 g/mol. The molecule has 1 atom stereocenters. The van der Waals surface area contributed by atoms with Crippen LogP contribution in [0.15, 0.2) is 33.9 Å². The topological polar surface area (TPSA) is 73.5 Å². The van der Waals surface area contributed by atoms with Crippen molar-refractivity contribution in [1.29, 1.82) is 0 Å². The first-order valence-corrected chi connectivity index (χ1v) is 11.6. The van der Waals surface area contributed by atoms with Crippen molar-refractivity contribution >= 4 is 21.6 Å². The molecule has 0 saturated heterocycles. The van der Waals surface area contributed by atoms with Gasteiger partial charge in [0, 0.05) is 24.0 Å². The Morgan fingerprint density at radius 3 is 2.52 bits per heavy atom. The van der Waals surface area contributed by atoms with Gasteiger partial charge in [-0.05, 0) is 36.5 Å². The Balaban J connectivity index is 2.33. The fourth-order valence-electron chi connectivity index (χ4n) is 3.81. The summed E-state index contributed by atoms with van der Waals surface area (Å²) in [6.45, 7) is 6.04. The molecule has 6 nitrogen and oxygen atoms in total. The lowest BCUT2D eigenvalue weighted by Gasteiger charge is -2.16. The number of alkyl halides is 3. The lowest BCUT2D eigenvalue weighted by atomic mass is 9.96. The van der Waals surface area contributed by atoms with E-state index < -0.39 is 29.5 Å². The van der Waals surface area contributed by atoms with Crippen molar-refractivity contribution in [3.8, 4) is 16.2 Å². The highest BCUT2D eigenvalue weighted by Gasteiger charge is 2.32. The van der Waals surface area contributed by atoms with Gasteiger partial charge in [0.15, 0.2) is 0 Å². The molecule has 180 valence electrons. The number of hydrogen-bond donors (Lipinski definition) is 1. The lowest BCUT2D eigenvalue weighted by molar-refractivity contribution is -0.274. The number of halogens is 3. The number of unbranched alkanes of at least 4 members (excludes halogenated alkanes) is 1. The molecule has 3 aromatic rings. The Morgan fingerprint density at radius 2 is 1.91 bits per heavy atom. The number of aliphatic hydroxyl groups is 1. The second-order valence-electron chi connectivity index (χ2n) is 8.40. The Hall–Kier alpha value is -2.59. The molecule has 0 radical (unpaired) electrons. The van der Waals surface area contributed by atoms with Gasteiger partial charge in [0.1, 0.15) is 10.6 Å². The summed E-state index contributed by atoms with van der Waals surface area (Å²) in [5, 5.41) is 11.3. The number of nitrogens with zero attached hydrogens (tertiary/aromatic N) is 2. The lowest BCUT2D eigenvalue weighted by Crippen LogP contribution is -2.39. The molecule has 0 aliphatic heterocycles. The van der Waals surface area contributed by atoms with Crippen LogP contribution < -0.4 is 16.0 Å². The molecule has 0 spiro atoms. The van der Waals surface area contributed by atoms with E-state index in [1.54, 1.807) is 13.1 Å². The molecule has 0 aliphatic carbocycles. The van der Waals surface area contributed by atoms with E-state index in [2.05, 4.69) is 4.74 Å². The maximum Gasteiger partial charge on any atom is 0.573 e. The molecule has 0 aliphatic rings. The molecule has 1 N–H and O–H groups in total. The van der Waals surface area contributed by atoms with Crippen LogP contribution in [0.3, 0.4) is 0 Å². The number of ether oxygens (including phenoxy) is 1. The number of hydrogen-bond acceptors (Lipinski definition) is 5. The van der Waals surface area contributed by atoms with E-state index in [0.29, 0.717) is 33.7 Å². The first kappa shape index (κ1) is 25.0. The van der Waals surface area contributed by atoms with Gasteiger partial charge < -0.3 is 9.84 Å². The van der Waals surface area contributed by atoms with Gasteiger partial charge in [0.25, 0.3) is 5.56 Å². The number of benzene rings is 1. The zero-order chi connectivity index (χ0) is 24.5. The van der Waals surface area contributed by atoms with Crippen molar-refractivity contribution in [3.05, 3.63) is 50.7 Å². The average Bonchev–Trinajstić information content (AvgIpc) is 3.12. The predicted molar refractivity (Wildman–Crippen MR) is 123 cm³/mol. The van der Waals surface area contributed by atoms with Crippen LogP contribution in [-0.4, -0.2) is 20.6 Å². The van der Waals surface area contributed by atoms with Crippen LogP contribution in [0.2, 0.25) is 0 Å². The SMILES string of the molecule is CCCCn1c(=O)c2c(C(O)CC(C)C)c(-c3cccc(OC(F)(F)F)c3)sc2n(C)c1=O. The summed E-state index contributed by atoms with van der Waals surface area (Å²) >= 11 is 1.10. The summed E-state index contributed by atoms with van der Waals surface area (Å²) in [7, 11) is 1.55. The zero-order valence-corrected chi connectivity index (χ0v) is 19.7. The second kappa shape index (κ2) is 9.72. The van der Waals surface area contributed by atoms with Crippen LogP contribution in [0.4, 0.5) is 13.2 Å². The highest BCUT2D eigenvalue weighted by molar-refractivity contribution is 7.22. The zero-order valence-electron chi connectivity index (χ0n) is 18.9. The predicted octanol–water partition coefficient (Wildman–Crippen LogP) is 5.21. The minimum atomic E-state index is -4.85. The molecule has 1 aromatic carbocycles. The Labute approximate surface area is 192 Å². The van der Waals surface area contributed by atoms with Gasteiger partial charge in [0.05, 0.1) is 11.5 Å². The van der Waals surface area contributed by atoms with E-state index >= 15 is 0 Å². The maximum atomic E-state index is 13.4. The van der Waals surface area contributed by atoms with Crippen molar-refractivity contribution < 1.29 is 23.0 Å². The van der Waals surface area contributed by atoms with Crippen LogP contribution >= 0.6 is 11.3 Å². The van der Waals surface area contributed by atoms with Gasteiger partial charge in [-0.2, -0.15) is 0 Å². The van der Waals surface area contributed by atoms with Crippen molar-refractivity contribution in [2.45, 2.75) is 59.0 Å². The smallest absolute Gasteiger partial charge is 0.406 e. The fraction of sp³-hybridized carbons (Fsp3) is 0.478. The average molecular weight is 485 g/mol. The molecule has 2 aromatic heterocycles. The van der Waals surface area contributed by atoms with Crippen LogP contribution in [0.25, 0.3) is 20.7 Å². The second-order valence-corrected chi connectivity index (χ2v) is 9.40. The van der Waals surface area contributed by atoms with Gasteiger partial charge in [-0.3, -0.25) is 13.9 Å². The minimum Gasteiger partial charge on any atom is -0.406 e. The van der Waals surface area contributed by atoms with Crippen molar-refractivity contribution in [3.63, 3.8) is 0 Å². The van der Waals surface area contributed by atoms with E-state index in [-0.39, 0.29) is 17.8 Å². The molecule has 10 heteroatoms. The first-order valence-electron chi connectivity index (χ1n) is 10.7. The van der Waals surface area contributed by atoms with E-state index in [4.69, 9.17) is 0 Å². The molecule has 0 saturated carbocycles. The highest BCUT2D eigenvalue weighted by atomic mass is 32.1. The standard InChI is InChI=1S/C23H27F3N2O4S/c1-5-6-10-28-20(30)18-17(16(29)11-13(2)3)19(33-21(18)27(4)22(28)31)14-8-7-9-15(12-14)32-23(24,25)26/h7-9,12-13,16,29H,5-6,10-11H2,1-4H3. The third kappa shape index (κ3) is 5.33. The molecule has 0 fully saturated rings. The molecule has 3 rings (SSSR count). The van der Waals surface area contributed by atoms with E-state index in [1.165, 1.54) is 22.8 Å². The van der Waals surface area contributed by atoms with Crippen LogP contribution in [0, 0.1) is 5.92 Å². The fourth-order valence-corrected chi connectivity index (χ4v) is 5.11. The van der Waals surface area contributed by atoms with Gasteiger partial charge in [-0.1, -0.05) is 39.3 Å². The molecular formula is C23H27F3N2O4S. The number of rotatable bonds is 8. The molecule has 0 amide bonds. The van der Waals surface area contributed by atoms with E-state index in [0.717, 1.165) is 22.3 Å². The Bertz CT molecular complexity index is 1260. The third-order valence-electron chi connectivity index (χ3n) is 5.30. The molecule has 0 bridgehead atoms. The van der Waals surface area contributed by atoms with Crippen molar-refractivity contribution in [2.24, 2.45) is 13.0 Å². The van der Waals surface area contributed by atoms with Gasteiger partial charge in [0.2, 0.25) is 0 Å². The van der Waals surface area contributed by atoms with Gasteiger partial charge >= 0.3 is 12.1 Å². The number of aryl methyl sites for hydroxylation is 1. The van der Waals surface area contributed by atoms with Crippen LogP contribution in [0.5, 0.6) is 5.75 Å². The number of fused-ring (bicyclic) bond motifs is 1. The largest absolute Gasteiger partial charge is 0.573 e. The Morgan fingerprint density at radius 1 is 1.21 bits per heavy atom. The summed E-state index contributed by atoms with van der Waals surface area (Å²) in [6.07, 6.45) is -4.12. The summed E-state index contributed by atoms with van der Waals surface area (Å²) in [5.74, 6) is -0.312. The summed E-state index contributed by atoms with van der Waals surface area (Å²) in [5.41, 5.74) is -0.265. The maximum absolute atomic E-state index is 13.4. The van der Waals surface area contributed by atoms with Crippen molar-refractivity contribution in [1.82, 2.24) is 9.13 Å². The number of thiophene rings is 1. The highest BCUT2D eigenvalue weighted by Crippen LogP contribution is 2.42. The quantitative estimate of drug-likeness (QED) is 0.477. The normalized spacial score (nSPS) is 13.1. The van der Waals surface area contributed by atoms with Crippen LogP contribution in [-0.2, 0) is 13.6 Å². The third-order valence-corrected chi connectivity index (χ3v) is 6.63. The minimum absolute atomic E-state index is 0.0949. The molecule has 1 unspecified atom stereocenters. The van der Waals surface area contributed by atoms with Crippen LogP contribution in [0.1, 0.15) is 51.7 Å². The summed E-state index contributed by atoms with van der Waals surface area (Å²) in [4.78, 5) is 27.0. The molecule has 2 heterocycles. The molecule has 33 heavy (non-hydrogen) atoms. The van der Waals surface area contributed by atoms with E-state index in [1.807, 2.05) is 20.8 Å². The van der Waals surface area contributed by atoms with Gasteiger partial charge in [-0.15, -0.1) is 24.5 Å². The van der Waals surface area contributed by atoms with E-state index in [9.17, 15) is 27.9 Å². The monoisotopic (exact) mass is 484 g/mol. The number of aliphatic hydroxyl groups excluding tert-OH is 1. The van der Waals surface area contributed by atoms with Gasteiger partial charge in [-0.25, -0.2) is 4.79 Å². The first-order chi connectivity index (χ1) is 15.4. The summed E-state index contributed by atoms with van der Waals surface area (Å²) < 4.78 is 44.8. The van der Waals surface area contributed by atoms with Crippen molar-refractivity contribution in [2.75, 3.05) is 0 Å². The number of aromatic nitrogens is 2. The Kier molecular flexibility index (Phi) is 7.38.